The zero-order valence-electron chi connectivity index (χ0n) is 19.8. The van der Waals surface area contributed by atoms with Crippen molar-refractivity contribution < 1.29 is 27.1 Å². The van der Waals surface area contributed by atoms with Crippen LogP contribution in [0.1, 0.15) is 32.5 Å². The van der Waals surface area contributed by atoms with Crippen LogP contribution in [0.3, 0.4) is 0 Å². The standard InChI is InChI=1S/C24H23ClN4O6S2/c1-3-29(12-13-35-37(2,32,33)34)16-10-8-15(9-11-16)27-28-24-26-23(25)20(36-24)14-19-21(30)17-6-4-5-7-18(17)22(19)31/h4-11,14H,3,12-13H2,1-2H3,(H2,32,33,34). The largest absolute Gasteiger partial charge is 0.369 e. The van der Waals surface area contributed by atoms with Gasteiger partial charge in [0.15, 0.2) is 21.5 Å². The van der Waals surface area contributed by atoms with E-state index in [4.69, 9.17) is 15.8 Å². The quantitative estimate of drug-likeness (QED) is 0.188. The van der Waals surface area contributed by atoms with E-state index in [9.17, 15) is 22.9 Å². The van der Waals surface area contributed by atoms with Crippen molar-refractivity contribution in [3.05, 3.63) is 75.3 Å². The van der Waals surface area contributed by atoms with Crippen LogP contribution in [0, 0.1) is 0 Å². The van der Waals surface area contributed by atoms with Crippen molar-refractivity contribution in [3.63, 3.8) is 0 Å². The minimum absolute atomic E-state index is 0.0339. The van der Waals surface area contributed by atoms with Crippen LogP contribution >= 0.6 is 22.9 Å². The number of aromatic nitrogens is 1. The molecular formula is C24H23ClN4O6S2. The summed E-state index contributed by atoms with van der Waals surface area (Å²) in [4.78, 5) is 31.7. The molecule has 4 rings (SSSR count). The highest BCUT2D eigenvalue weighted by atomic mass is 35.5. The molecule has 2 aromatic carbocycles. The molecule has 1 heterocycles. The lowest BCUT2D eigenvalue weighted by molar-refractivity contribution is 0.0990. The number of thiazole rings is 1. The molecule has 1 aliphatic carbocycles. The van der Waals surface area contributed by atoms with Gasteiger partial charge in [-0.2, -0.15) is 0 Å². The van der Waals surface area contributed by atoms with Gasteiger partial charge in [0, 0.05) is 29.9 Å². The normalized spacial score (nSPS) is 14.6. The van der Waals surface area contributed by atoms with E-state index in [-0.39, 0.29) is 40.6 Å². The first-order valence-corrected chi connectivity index (χ1v) is 14.4. The number of benzene rings is 2. The Morgan fingerprint density at radius 2 is 1.70 bits per heavy atom. The average Bonchev–Trinajstić information content (AvgIpc) is 3.32. The Balaban J connectivity index is 1.44. The second-order valence-electron chi connectivity index (χ2n) is 8.18. The Bertz CT molecular complexity index is 1450. The average molecular weight is 563 g/mol. The molecule has 1 aliphatic rings. The molecule has 3 aromatic rings. The number of allylic oxidation sites excluding steroid dienone is 1. The van der Waals surface area contributed by atoms with Gasteiger partial charge in [0.05, 0.1) is 29.0 Å². The summed E-state index contributed by atoms with van der Waals surface area (Å²) in [5.74, 6) is -0.700. The molecule has 10 nitrogen and oxygen atoms in total. The Labute approximate surface area is 221 Å². The lowest BCUT2D eigenvalue weighted by atomic mass is 10.1. The molecule has 0 radical (unpaired) electrons. The van der Waals surface area contributed by atoms with Crippen LogP contribution in [0.25, 0.3) is 6.08 Å². The number of nitrogens with zero attached hydrogens (tertiary/aromatic N) is 4. The van der Waals surface area contributed by atoms with Crippen molar-refractivity contribution in [2.24, 2.45) is 10.2 Å². The number of halogens is 1. The highest BCUT2D eigenvalue weighted by Crippen LogP contribution is 2.35. The summed E-state index contributed by atoms with van der Waals surface area (Å²) in [6, 6.07) is 13.7. The van der Waals surface area contributed by atoms with Crippen LogP contribution in [-0.4, -0.2) is 55.8 Å². The number of ketones is 2. The third-order valence-electron chi connectivity index (χ3n) is 5.34. The molecule has 0 saturated carbocycles. The molecule has 0 unspecified atom stereocenters. The molecule has 0 aliphatic heterocycles. The van der Waals surface area contributed by atoms with Crippen molar-refractivity contribution in [1.82, 2.24) is 4.98 Å². The fourth-order valence-corrected chi connectivity index (χ4v) is 5.09. The smallest absolute Gasteiger partial charge is 0.231 e. The van der Waals surface area contributed by atoms with Crippen LogP contribution < -0.4 is 4.90 Å². The third-order valence-corrected chi connectivity index (χ3v) is 7.34. The maximum Gasteiger partial charge on any atom is 0.231 e. The van der Waals surface area contributed by atoms with Gasteiger partial charge >= 0.3 is 0 Å². The highest BCUT2D eigenvalue weighted by Gasteiger charge is 2.33. The molecule has 0 atom stereocenters. The number of hydrogen-bond donors (Lipinski definition) is 2. The van der Waals surface area contributed by atoms with Crippen molar-refractivity contribution in [2.45, 2.75) is 6.92 Å². The highest BCUT2D eigenvalue weighted by molar-refractivity contribution is 8.05. The van der Waals surface area contributed by atoms with Gasteiger partial charge in [-0.25, -0.2) is 9.19 Å². The molecular weight excluding hydrogens is 540 g/mol. The van der Waals surface area contributed by atoms with Crippen LogP contribution in [0.2, 0.25) is 5.15 Å². The van der Waals surface area contributed by atoms with Gasteiger partial charge in [-0.3, -0.25) is 22.9 Å². The van der Waals surface area contributed by atoms with Crippen molar-refractivity contribution in [2.75, 3.05) is 30.9 Å². The first-order chi connectivity index (χ1) is 17.4. The number of carbonyl (C=O) groups is 2. The zero-order chi connectivity index (χ0) is 26.8. The van der Waals surface area contributed by atoms with Gasteiger partial charge in [-0.05, 0) is 37.3 Å². The molecule has 0 bridgehead atoms. The monoisotopic (exact) mass is 562 g/mol. The fraction of sp³-hybridized carbons (Fsp3) is 0.208. The van der Waals surface area contributed by atoms with E-state index in [0.29, 0.717) is 28.2 Å². The number of anilines is 1. The summed E-state index contributed by atoms with van der Waals surface area (Å²) in [5, 5.41) is 8.66. The number of hydrogen-bond acceptors (Lipinski definition) is 9. The second-order valence-corrected chi connectivity index (χ2v) is 12.1. The van der Waals surface area contributed by atoms with Gasteiger partial charge in [-0.15, -0.1) is 10.2 Å². The predicted octanol–water partition coefficient (Wildman–Crippen LogP) is 5.83. The predicted molar refractivity (Wildman–Crippen MR) is 144 cm³/mol. The third kappa shape index (κ3) is 6.60. The lowest BCUT2D eigenvalue weighted by Gasteiger charge is -2.28. The molecule has 194 valence electrons. The molecule has 37 heavy (non-hydrogen) atoms. The summed E-state index contributed by atoms with van der Waals surface area (Å²) >= 11 is 7.33. The number of carbonyl (C=O) groups excluding carboxylic acids is 2. The zero-order valence-corrected chi connectivity index (χ0v) is 22.2. The summed E-state index contributed by atoms with van der Waals surface area (Å²) in [6.07, 6.45) is 2.17. The number of fused-ring (bicyclic) bond motifs is 1. The molecule has 0 saturated heterocycles. The van der Waals surface area contributed by atoms with Crippen molar-refractivity contribution in [3.8, 4) is 0 Å². The first-order valence-electron chi connectivity index (χ1n) is 11.0. The minimum Gasteiger partial charge on any atom is -0.369 e. The topological polar surface area (TPSA) is 142 Å². The van der Waals surface area contributed by atoms with Gasteiger partial charge in [0.25, 0.3) is 0 Å². The van der Waals surface area contributed by atoms with E-state index in [0.717, 1.165) is 23.3 Å². The number of Topliss-reactive ketones (excluding diaryl/α,β-unsaturated/α-hetero) is 2. The molecule has 0 spiro atoms. The van der Waals surface area contributed by atoms with Crippen LogP contribution in [0.15, 0.2) is 64.3 Å². The van der Waals surface area contributed by atoms with Gasteiger partial charge in [-0.1, -0.05) is 47.2 Å². The van der Waals surface area contributed by atoms with E-state index in [2.05, 4.69) is 15.2 Å². The van der Waals surface area contributed by atoms with Crippen molar-refractivity contribution >= 4 is 67.0 Å². The van der Waals surface area contributed by atoms with Crippen LogP contribution in [0.4, 0.5) is 16.5 Å². The number of likely N-dealkylation sites (N-methyl/N-ethyl adjacent to an activating group) is 1. The van der Waals surface area contributed by atoms with E-state index in [1.54, 1.807) is 48.5 Å². The molecule has 2 N–H and O–H groups in total. The summed E-state index contributed by atoms with van der Waals surface area (Å²) in [5.41, 5.74) is 2.13. The number of azo groups is 1. The molecule has 1 aromatic heterocycles. The summed E-state index contributed by atoms with van der Waals surface area (Å²) < 4.78 is 34.7. The molecule has 0 fully saturated rings. The Hall–Kier alpha value is -3.13. The van der Waals surface area contributed by atoms with Crippen LogP contribution in [-0.2, 0) is 14.1 Å². The maximum atomic E-state index is 12.6. The Morgan fingerprint density at radius 1 is 1.08 bits per heavy atom. The maximum absolute atomic E-state index is 12.6. The second kappa shape index (κ2) is 10.3. The van der Waals surface area contributed by atoms with Gasteiger partial charge in [0.2, 0.25) is 5.13 Å². The van der Waals surface area contributed by atoms with Crippen LogP contribution in [0.5, 0.6) is 0 Å². The van der Waals surface area contributed by atoms with E-state index in [1.165, 1.54) is 6.08 Å². The Kier molecular flexibility index (Phi) is 7.51. The van der Waals surface area contributed by atoms with Gasteiger partial charge in [0.1, 0.15) is 5.15 Å². The van der Waals surface area contributed by atoms with Crippen molar-refractivity contribution in [1.29, 1.82) is 0 Å². The molecule has 0 amide bonds. The van der Waals surface area contributed by atoms with E-state index < -0.39 is 9.91 Å². The van der Waals surface area contributed by atoms with E-state index >= 15 is 0 Å². The minimum atomic E-state index is -5.00. The summed E-state index contributed by atoms with van der Waals surface area (Å²) in [7, 11) is -5.00. The summed E-state index contributed by atoms with van der Waals surface area (Å²) in [6.45, 7) is 2.66. The Morgan fingerprint density at radius 3 is 2.27 bits per heavy atom. The lowest BCUT2D eigenvalue weighted by Crippen LogP contribution is -2.36. The number of rotatable bonds is 9. The fourth-order valence-electron chi connectivity index (χ4n) is 3.61. The first kappa shape index (κ1) is 26.9. The van der Waals surface area contributed by atoms with Gasteiger partial charge < -0.3 is 4.90 Å². The van der Waals surface area contributed by atoms with E-state index in [1.807, 2.05) is 11.8 Å². The molecule has 13 heteroatoms. The SMILES string of the molecule is CCN(CCOS(C)(=O)(O)O)c1ccc(N=Nc2nc(Cl)c(C=C3C(=O)c4ccccc4C3=O)s2)cc1.